The maximum Gasteiger partial charge on any atom is 0.229 e. The standard InChI is InChI=1S/C27H32O14/c1-10-20(31)22(33)24(35)26(38-10)37-9-18-21(32)23(34)25(36)27(41-18)39-13-6-14(29)19-15(30)8-16(40-17(19)7-13)11-2-4-12(28)5-3-11/h2-7,10,16,18,20-29,31-36H,8-9H2,1H3/t10?,16-,18?,20-,21+,22?,23-,24-,25?,26+,27+/m0/s1. The van der Waals surface area contributed by atoms with Crippen molar-refractivity contribution in [3.8, 4) is 23.0 Å². The number of fused-ring (bicyclic) bond motifs is 1. The molecule has 5 rings (SSSR count). The molecular weight excluding hydrogens is 548 g/mol. The Morgan fingerprint density at radius 2 is 1.49 bits per heavy atom. The third kappa shape index (κ3) is 5.83. The van der Waals surface area contributed by atoms with Crippen LogP contribution in [0.3, 0.4) is 0 Å². The van der Waals surface area contributed by atoms with Crippen LogP contribution in [0.15, 0.2) is 36.4 Å². The summed E-state index contributed by atoms with van der Waals surface area (Å²) in [4.78, 5) is 12.8. The van der Waals surface area contributed by atoms with Crippen molar-refractivity contribution in [2.45, 2.75) is 80.9 Å². The number of carbonyl (C=O) groups excluding carboxylic acids is 1. The number of carbonyl (C=O) groups is 1. The Balaban J connectivity index is 1.30. The highest BCUT2D eigenvalue weighted by molar-refractivity contribution is 6.02. The fourth-order valence-electron chi connectivity index (χ4n) is 4.98. The van der Waals surface area contributed by atoms with Gasteiger partial charge in [-0.3, -0.25) is 4.79 Å². The molecule has 3 aliphatic heterocycles. The van der Waals surface area contributed by atoms with Crippen molar-refractivity contribution in [1.29, 1.82) is 0 Å². The van der Waals surface area contributed by atoms with Crippen molar-refractivity contribution in [3.63, 3.8) is 0 Å². The van der Waals surface area contributed by atoms with E-state index >= 15 is 0 Å². The third-order valence-electron chi connectivity index (χ3n) is 7.39. The topological polar surface area (TPSA) is 225 Å². The molecule has 41 heavy (non-hydrogen) atoms. The van der Waals surface area contributed by atoms with Crippen LogP contribution >= 0.6 is 0 Å². The predicted molar refractivity (Wildman–Crippen MR) is 134 cm³/mol. The van der Waals surface area contributed by atoms with Gasteiger partial charge in [-0.25, -0.2) is 0 Å². The second-order valence-electron chi connectivity index (χ2n) is 10.3. The van der Waals surface area contributed by atoms with E-state index in [9.17, 15) is 45.6 Å². The van der Waals surface area contributed by atoms with Gasteiger partial charge in [-0.1, -0.05) is 12.1 Å². The van der Waals surface area contributed by atoms with Crippen LogP contribution in [0.25, 0.3) is 0 Å². The Bertz CT molecular complexity index is 1240. The molecule has 0 bridgehead atoms. The number of aliphatic hydroxyl groups is 6. The highest BCUT2D eigenvalue weighted by Crippen LogP contribution is 2.42. The van der Waals surface area contributed by atoms with Gasteiger partial charge in [-0.15, -0.1) is 0 Å². The van der Waals surface area contributed by atoms with Crippen LogP contribution in [0.2, 0.25) is 0 Å². The molecule has 0 aromatic heterocycles. The van der Waals surface area contributed by atoms with Crippen molar-refractivity contribution >= 4 is 5.78 Å². The maximum atomic E-state index is 12.8. The number of phenolic OH excluding ortho intramolecular Hbond substituents is 2. The van der Waals surface area contributed by atoms with Gasteiger partial charge in [0.15, 0.2) is 12.1 Å². The molecule has 3 aliphatic rings. The molecule has 11 atom stereocenters. The van der Waals surface area contributed by atoms with Gasteiger partial charge in [0.1, 0.15) is 77.4 Å². The maximum absolute atomic E-state index is 12.8. The Hall–Kier alpha value is -3.05. The first-order valence-electron chi connectivity index (χ1n) is 13.0. The Morgan fingerprint density at radius 1 is 0.829 bits per heavy atom. The number of hydrogen-bond donors (Lipinski definition) is 8. The van der Waals surface area contributed by atoms with E-state index in [-0.39, 0.29) is 29.2 Å². The minimum absolute atomic E-state index is 0.00149. The lowest BCUT2D eigenvalue weighted by Gasteiger charge is -2.42. The zero-order valence-electron chi connectivity index (χ0n) is 21.8. The molecule has 2 aromatic carbocycles. The number of rotatable bonds is 6. The van der Waals surface area contributed by atoms with Crippen LogP contribution in [0, 0.1) is 0 Å². The normalized spacial score (nSPS) is 37.2. The summed E-state index contributed by atoms with van der Waals surface area (Å²) in [5, 5.41) is 81.5. The lowest BCUT2D eigenvalue weighted by Crippen LogP contribution is -2.61. The van der Waals surface area contributed by atoms with E-state index in [0.717, 1.165) is 6.07 Å². The molecule has 2 aromatic rings. The van der Waals surface area contributed by atoms with E-state index in [2.05, 4.69) is 0 Å². The van der Waals surface area contributed by atoms with Gasteiger partial charge in [0.25, 0.3) is 0 Å². The van der Waals surface area contributed by atoms with Crippen LogP contribution in [0.4, 0.5) is 0 Å². The third-order valence-corrected chi connectivity index (χ3v) is 7.39. The van der Waals surface area contributed by atoms with Gasteiger partial charge >= 0.3 is 0 Å². The molecule has 224 valence electrons. The largest absolute Gasteiger partial charge is 0.508 e. The first kappa shape index (κ1) is 29.4. The SMILES string of the molecule is CC1O[C@@H](OCC2O[C@@H](Oc3cc(O)c4c(c3)O[C@H](c3ccc(O)cc3)CC4=O)C(O)[C@@H](O)[C@@H]2O)[C@@H](O)C(O)[C@H]1O. The number of Topliss-reactive ketones (excluding diaryl/α,β-unsaturated/α-hetero) is 1. The lowest BCUT2D eigenvalue weighted by molar-refractivity contribution is -0.318. The van der Waals surface area contributed by atoms with Gasteiger partial charge in [0.2, 0.25) is 6.29 Å². The Morgan fingerprint density at radius 3 is 2.20 bits per heavy atom. The molecule has 0 amide bonds. The molecule has 0 aliphatic carbocycles. The van der Waals surface area contributed by atoms with Gasteiger partial charge in [-0.2, -0.15) is 0 Å². The van der Waals surface area contributed by atoms with E-state index in [4.69, 9.17) is 23.7 Å². The Kier molecular flexibility index (Phi) is 8.39. The number of phenols is 2. The lowest BCUT2D eigenvalue weighted by atomic mass is 9.95. The molecule has 2 fully saturated rings. The van der Waals surface area contributed by atoms with Crippen LogP contribution < -0.4 is 9.47 Å². The van der Waals surface area contributed by atoms with E-state index in [1.165, 1.54) is 25.1 Å². The minimum Gasteiger partial charge on any atom is -0.508 e. The van der Waals surface area contributed by atoms with Gasteiger partial charge in [-0.05, 0) is 24.6 Å². The minimum atomic E-state index is -1.76. The molecule has 0 saturated carbocycles. The fraction of sp³-hybridized carbons (Fsp3) is 0.519. The highest BCUT2D eigenvalue weighted by Gasteiger charge is 2.47. The highest BCUT2D eigenvalue weighted by atomic mass is 16.7. The number of aliphatic hydroxyl groups excluding tert-OH is 6. The quantitative estimate of drug-likeness (QED) is 0.202. The first-order chi connectivity index (χ1) is 19.4. The summed E-state index contributed by atoms with van der Waals surface area (Å²) < 4.78 is 28.0. The summed E-state index contributed by atoms with van der Waals surface area (Å²) in [7, 11) is 0. The van der Waals surface area contributed by atoms with Crippen molar-refractivity contribution in [2.24, 2.45) is 0 Å². The monoisotopic (exact) mass is 580 g/mol. The van der Waals surface area contributed by atoms with Crippen molar-refractivity contribution in [3.05, 3.63) is 47.5 Å². The number of ether oxygens (including phenoxy) is 5. The summed E-state index contributed by atoms with van der Waals surface area (Å²) >= 11 is 0. The molecule has 8 N–H and O–H groups in total. The first-order valence-corrected chi connectivity index (χ1v) is 13.0. The van der Waals surface area contributed by atoms with Crippen LogP contribution in [-0.4, -0.2) is 115 Å². The summed E-state index contributed by atoms with van der Waals surface area (Å²) in [6, 6.07) is 8.51. The average Bonchev–Trinajstić information content (AvgIpc) is 2.94. The summed E-state index contributed by atoms with van der Waals surface area (Å²) in [5.74, 6) is -0.893. The zero-order valence-corrected chi connectivity index (χ0v) is 21.8. The number of benzene rings is 2. The van der Waals surface area contributed by atoms with Crippen LogP contribution in [-0.2, 0) is 14.2 Å². The smallest absolute Gasteiger partial charge is 0.229 e. The molecule has 2 saturated heterocycles. The molecule has 0 spiro atoms. The van der Waals surface area contributed by atoms with Crippen molar-refractivity contribution < 1.29 is 69.3 Å². The van der Waals surface area contributed by atoms with Crippen molar-refractivity contribution in [2.75, 3.05) is 6.61 Å². The van der Waals surface area contributed by atoms with E-state index in [1.807, 2.05) is 0 Å². The zero-order chi connectivity index (χ0) is 29.6. The molecule has 3 heterocycles. The van der Waals surface area contributed by atoms with E-state index in [0.29, 0.717) is 5.56 Å². The molecule has 14 heteroatoms. The number of aromatic hydroxyl groups is 2. The predicted octanol–water partition coefficient (Wildman–Crippen LogP) is -1.17. The van der Waals surface area contributed by atoms with Crippen LogP contribution in [0.1, 0.15) is 35.4 Å². The molecule has 4 unspecified atom stereocenters. The van der Waals surface area contributed by atoms with E-state index < -0.39 is 85.7 Å². The summed E-state index contributed by atoms with van der Waals surface area (Å²) in [5.41, 5.74) is 0.550. The molecule has 0 radical (unpaired) electrons. The number of ketones is 1. The summed E-state index contributed by atoms with van der Waals surface area (Å²) in [6.45, 7) is 0.980. The molecular formula is C27H32O14. The average molecular weight is 581 g/mol. The van der Waals surface area contributed by atoms with E-state index in [1.54, 1.807) is 12.1 Å². The second-order valence-corrected chi connectivity index (χ2v) is 10.3. The van der Waals surface area contributed by atoms with Gasteiger partial charge < -0.3 is 64.5 Å². The Labute approximate surface area is 233 Å². The van der Waals surface area contributed by atoms with Gasteiger partial charge in [0.05, 0.1) is 19.1 Å². The fourth-order valence-corrected chi connectivity index (χ4v) is 4.98. The number of hydrogen-bond acceptors (Lipinski definition) is 14. The van der Waals surface area contributed by atoms with Gasteiger partial charge in [0, 0.05) is 12.1 Å². The van der Waals surface area contributed by atoms with Crippen LogP contribution in [0.5, 0.6) is 23.0 Å². The molecule has 14 nitrogen and oxygen atoms in total. The summed E-state index contributed by atoms with van der Waals surface area (Å²) in [6.07, 6.45) is -15.6. The van der Waals surface area contributed by atoms with Crippen molar-refractivity contribution in [1.82, 2.24) is 0 Å². The second kappa shape index (κ2) is 11.7.